The van der Waals surface area contributed by atoms with Crippen molar-refractivity contribution >= 4 is 39.3 Å². The smallest absolute Gasteiger partial charge is 0.260 e. The van der Waals surface area contributed by atoms with Gasteiger partial charge >= 0.3 is 0 Å². The van der Waals surface area contributed by atoms with Crippen LogP contribution in [0, 0.1) is 0 Å². The van der Waals surface area contributed by atoms with Crippen LogP contribution in [0.25, 0.3) is 0 Å². The number of methoxy groups -OCH3 is 1. The van der Waals surface area contributed by atoms with E-state index in [0.29, 0.717) is 17.1 Å². The second-order valence-corrected chi connectivity index (χ2v) is 4.76. The topological polar surface area (TPSA) is 64.1 Å². The molecule has 1 amide bonds. The van der Waals surface area contributed by atoms with Gasteiger partial charge in [0.15, 0.2) is 0 Å². The van der Waals surface area contributed by atoms with E-state index in [1.165, 1.54) is 13.3 Å². The predicted molar refractivity (Wildman–Crippen MR) is 75.7 cm³/mol. The summed E-state index contributed by atoms with van der Waals surface area (Å²) in [5.74, 6) is 0.459. The molecular formula is C12H9BrClN3O2. The zero-order valence-corrected chi connectivity index (χ0v) is 12.2. The molecule has 0 spiro atoms. The number of anilines is 1. The summed E-state index contributed by atoms with van der Waals surface area (Å²) in [4.78, 5) is 19.7. The second kappa shape index (κ2) is 5.99. The Balaban J connectivity index is 2.25. The number of nitrogens with zero attached hydrogens (tertiary/aromatic N) is 2. The molecule has 1 N–H and O–H groups in total. The average molecular weight is 343 g/mol. The number of nitrogens with one attached hydrogen (secondary N) is 1. The summed E-state index contributed by atoms with van der Waals surface area (Å²) >= 11 is 8.96. The van der Waals surface area contributed by atoms with Crippen molar-refractivity contribution in [1.29, 1.82) is 0 Å². The van der Waals surface area contributed by atoms with Crippen LogP contribution in [0.1, 0.15) is 10.4 Å². The highest BCUT2D eigenvalue weighted by Crippen LogP contribution is 2.24. The Bertz CT molecular complexity index is 622. The number of amides is 1. The Morgan fingerprint density at radius 2 is 2.21 bits per heavy atom. The van der Waals surface area contributed by atoms with Crippen LogP contribution in [0.5, 0.6) is 5.75 Å². The van der Waals surface area contributed by atoms with Crippen molar-refractivity contribution in [3.05, 3.63) is 45.8 Å². The zero-order valence-electron chi connectivity index (χ0n) is 9.85. The monoisotopic (exact) mass is 341 g/mol. The van der Waals surface area contributed by atoms with E-state index in [-0.39, 0.29) is 11.2 Å². The number of carbonyl (C=O) groups excluding carboxylic acids is 1. The molecule has 2 aromatic rings. The third-order valence-electron chi connectivity index (χ3n) is 2.28. The molecule has 0 atom stereocenters. The number of rotatable bonds is 3. The molecule has 0 saturated heterocycles. The molecule has 1 aromatic carbocycles. The minimum atomic E-state index is -0.334. The van der Waals surface area contributed by atoms with Gasteiger partial charge in [-0.1, -0.05) is 15.9 Å². The number of halogens is 2. The van der Waals surface area contributed by atoms with Gasteiger partial charge in [0.1, 0.15) is 11.6 Å². The fourth-order valence-corrected chi connectivity index (χ4v) is 1.93. The van der Waals surface area contributed by atoms with Gasteiger partial charge in [-0.2, -0.15) is 0 Å². The van der Waals surface area contributed by atoms with Gasteiger partial charge in [0.2, 0.25) is 5.28 Å². The average Bonchev–Trinajstić information content (AvgIpc) is 2.38. The lowest BCUT2D eigenvalue weighted by molar-refractivity contribution is 0.102. The first-order valence-electron chi connectivity index (χ1n) is 5.23. The lowest BCUT2D eigenvalue weighted by Gasteiger charge is -2.09. The van der Waals surface area contributed by atoms with Crippen LogP contribution < -0.4 is 10.1 Å². The maximum absolute atomic E-state index is 12.1. The highest BCUT2D eigenvalue weighted by Gasteiger charge is 2.13. The van der Waals surface area contributed by atoms with Crippen LogP contribution in [-0.4, -0.2) is 23.0 Å². The van der Waals surface area contributed by atoms with Gasteiger partial charge in [0, 0.05) is 10.7 Å². The molecular weight excluding hydrogens is 334 g/mol. The molecule has 5 nitrogen and oxygen atoms in total. The molecule has 0 fully saturated rings. The number of hydrogen-bond acceptors (Lipinski definition) is 4. The summed E-state index contributed by atoms with van der Waals surface area (Å²) in [6.07, 6.45) is 1.46. The van der Waals surface area contributed by atoms with Crippen molar-refractivity contribution in [2.45, 2.75) is 0 Å². The molecule has 1 heterocycles. The molecule has 98 valence electrons. The summed E-state index contributed by atoms with van der Waals surface area (Å²) in [5.41, 5.74) is 0.403. The Morgan fingerprint density at radius 1 is 1.42 bits per heavy atom. The normalized spacial score (nSPS) is 10.1. The highest BCUT2D eigenvalue weighted by molar-refractivity contribution is 9.10. The SMILES string of the molecule is COc1cc(Br)ccc1C(=O)Nc1ccnc(Cl)n1. The van der Waals surface area contributed by atoms with Crippen LogP contribution in [-0.2, 0) is 0 Å². The van der Waals surface area contributed by atoms with E-state index in [1.54, 1.807) is 24.3 Å². The standard InChI is InChI=1S/C12H9BrClN3O2/c1-19-9-6-7(13)2-3-8(9)11(18)16-10-4-5-15-12(14)17-10/h2-6H,1H3,(H,15,16,17,18). The highest BCUT2D eigenvalue weighted by atomic mass is 79.9. The summed E-state index contributed by atoms with van der Waals surface area (Å²) in [6.45, 7) is 0. The predicted octanol–water partition coefficient (Wildman–Crippen LogP) is 3.15. The number of carbonyl (C=O) groups is 1. The first kappa shape index (κ1) is 13.8. The maximum atomic E-state index is 12.1. The first-order chi connectivity index (χ1) is 9.10. The van der Waals surface area contributed by atoms with Gasteiger partial charge in [-0.25, -0.2) is 9.97 Å². The third-order valence-corrected chi connectivity index (χ3v) is 2.95. The first-order valence-corrected chi connectivity index (χ1v) is 6.40. The molecule has 7 heteroatoms. The van der Waals surface area contributed by atoms with Crippen LogP contribution in [0.3, 0.4) is 0 Å². The Hall–Kier alpha value is -1.66. The van der Waals surface area contributed by atoms with Crippen molar-refractivity contribution < 1.29 is 9.53 Å². The van der Waals surface area contributed by atoms with Crippen molar-refractivity contribution in [2.24, 2.45) is 0 Å². The van der Waals surface area contributed by atoms with Crippen LogP contribution >= 0.6 is 27.5 Å². The minimum Gasteiger partial charge on any atom is -0.496 e. The fraction of sp³-hybridized carbons (Fsp3) is 0.0833. The molecule has 1 aromatic heterocycles. The molecule has 0 unspecified atom stereocenters. The third kappa shape index (κ3) is 3.42. The summed E-state index contributed by atoms with van der Waals surface area (Å²) in [5, 5.41) is 2.69. The zero-order chi connectivity index (χ0) is 13.8. The molecule has 0 aliphatic carbocycles. The molecule has 19 heavy (non-hydrogen) atoms. The van der Waals surface area contributed by atoms with Gasteiger partial charge in [-0.15, -0.1) is 0 Å². The van der Waals surface area contributed by atoms with Gasteiger partial charge in [-0.05, 0) is 35.9 Å². The van der Waals surface area contributed by atoms with Crippen molar-refractivity contribution in [3.8, 4) is 5.75 Å². The molecule has 0 radical (unpaired) electrons. The second-order valence-electron chi connectivity index (χ2n) is 3.51. The quantitative estimate of drug-likeness (QED) is 0.870. The Morgan fingerprint density at radius 3 is 2.89 bits per heavy atom. The van der Waals surface area contributed by atoms with Crippen LogP contribution in [0.4, 0.5) is 5.82 Å². The van der Waals surface area contributed by atoms with E-state index in [2.05, 4.69) is 31.2 Å². The van der Waals surface area contributed by atoms with Crippen molar-refractivity contribution in [1.82, 2.24) is 9.97 Å². The van der Waals surface area contributed by atoms with E-state index in [4.69, 9.17) is 16.3 Å². The van der Waals surface area contributed by atoms with Crippen LogP contribution in [0.15, 0.2) is 34.9 Å². The number of benzene rings is 1. The fourth-order valence-electron chi connectivity index (χ4n) is 1.44. The lowest BCUT2D eigenvalue weighted by Crippen LogP contribution is -2.14. The van der Waals surface area contributed by atoms with Gasteiger partial charge in [0.25, 0.3) is 5.91 Å². The number of ether oxygens (including phenoxy) is 1. The van der Waals surface area contributed by atoms with Gasteiger partial charge in [-0.3, -0.25) is 4.79 Å². The van der Waals surface area contributed by atoms with Gasteiger partial charge in [0.05, 0.1) is 12.7 Å². The van der Waals surface area contributed by atoms with E-state index in [0.717, 1.165) is 4.47 Å². The molecule has 0 aliphatic rings. The summed E-state index contributed by atoms with van der Waals surface area (Å²) < 4.78 is 5.98. The van der Waals surface area contributed by atoms with Crippen molar-refractivity contribution in [2.75, 3.05) is 12.4 Å². The van der Waals surface area contributed by atoms with Crippen molar-refractivity contribution in [3.63, 3.8) is 0 Å². The number of aromatic nitrogens is 2. The van der Waals surface area contributed by atoms with E-state index >= 15 is 0 Å². The summed E-state index contributed by atoms with van der Waals surface area (Å²) in [6, 6.07) is 6.67. The Kier molecular flexibility index (Phi) is 4.34. The molecule has 0 saturated carbocycles. The van der Waals surface area contributed by atoms with Gasteiger partial charge < -0.3 is 10.1 Å². The van der Waals surface area contributed by atoms with Crippen LogP contribution in [0.2, 0.25) is 5.28 Å². The molecule has 0 bridgehead atoms. The lowest BCUT2D eigenvalue weighted by atomic mass is 10.2. The van der Waals surface area contributed by atoms with E-state index < -0.39 is 0 Å². The molecule has 2 rings (SSSR count). The number of hydrogen-bond donors (Lipinski definition) is 1. The summed E-state index contributed by atoms with van der Waals surface area (Å²) in [7, 11) is 1.50. The van der Waals surface area contributed by atoms with E-state index in [9.17, 15) is 4.79 Å². The molecule has 0 aliphatic heterocycles. The van der Waals surface area contributed by atoms with E-state index in [1.807, 2.05) is 0 Å². The maximum Gasteiger partial charge on any atom is 0.260 e. The Labute approximate surface area is 123 Å². The largest absolute Gasteiger partial charge is 0.496 e. The minimum absolute atomic E-state index is 0.0700.